The highest BCUT2D eigenvalue weighted by molar-refractivity contribution is 5.83. The van der Waals surface area contributed by atoms with Crippen LogP contribution in [0.15, 0.2) is 72.8 Å². The van der Waals surface area contributed by atoms with E-state index in [1.807, 2.05) is 48.5 Å². The zero-order chi connectivity index (χ0) is 35.5. The number of nitrogens with one attached hydrogen (secondary N) is 2. The molecule has 0 aliphatic rings. The highest BCUT2D eigenvalue weighted by Gasteiger charge is 2.32. The van der Waals surface area contributed by atoms with E-state index >= 15 is 0 Å². The molecule has 6 nitrogen and oxygen atoms in total. The van der Waals surface area contributed by atoms with Gasteiger partial charge in [-0.3, -0.25) is 0 Å². The fourth-order valence-electron chi connectivity index (χ4n) is 8.02. The number of nitrogens with zero attached hydrogens (tertiary/aromatic N) is 2. The van der Waals surface area contributed by atoms with Crippen molar-refractivity contribution in [2.75, 3.05) is 0 Å². The molecule has 6 heteroatoms. The SMILES string of the molecule is CC(C)(C)CC(C)(C)c1cc(Cc2cc(C(C)(C)CC(C)(C)C)cc(-c3nc4ccccc4[nH]3)c2O)c(O)c(-c2nc3ccccc3[nH]2)c1. The molecule has 0 aliphatic heterocycles. The third kappa shape index (κ3) is 7.24. The van der Waals surface area contributed by atoms with E-state index in [1.165, 1.54) is 0 Å². The Bertz CT molecular complexity index is 1930. The molecule has 0 amide bonds. The minimum Gasteiger partial charge on any atom is -0.507 e. The van der Waals surface area contributed by atoms with Crippen LogP contribution in [0.25, 0.3) is 44.8 Å². The summed E-state index contributed by atoms with van der Waals surface area (Å²) in [5.41, 5.74) is 8.36. The van der Waals surface area contributed by atoms with Gasteiger partial charge in [-0.2, -0.15) is 0 Å². The quantitative estimate of drug-likeness (QED) is 0.131. The van der Waals surface area contributed by atoms with Gasteiger partial charge in [-0.15, -0.1) is 0 Å². The average molecular weight is 657 g/mol. The van der Waals surface area contributed by atoms with Crippen LogP contribution in [0, 0.1) is 10.8 Å². The van der Waals surface area contributed by atoms with Gasteiger partial charge in [0.15, 0.2) is 0 Å². The first kappa shape index (κ1) is 34.3. The number of imidazole rings is 2. The molecule has 0 fully saturated rings. The topological polar surface area (TPSA) is 97.8 Å². The normalized spacial score (nSPS) is 13.1. The van der Waals surface area contributed by atoms with Crippen molar-refractivity contribution in [3.05, 3.63) is 95.1 Å². The number of para-hydroxylation sites is 4. The fraction of sp³-hybridized carbons (Fsp3) is 0.395. The maximum absolute atomic E-state index is 12.0. The van der Waals surface area contributed by atoms with Crippen LogP contribution in [-0.2, 0) is 17.3 Å². The molecule has 256 valence electrons. The Labute approximate surface area is 291 Å². The molecule has 0 saturated carbocycles. The van der Waals surface area contributed by atoms with Crippen LogP contribution in [0.3, 0.4) is 0 Å². The molecule has 6 aromatic rings. The predicted octanol–water partition coefficient (Wildman–Crippen LogP) is 11.2. The van der Waals surface area contributed by atoms with Crippen molar-refractivity contribution < 1.29 is 10.2 Å². The maximum atomic E-state index is 12.0. The lowest BCUT2D eigenvalue weighted by atomic mass is 9.71. The monoisotopic (exact) mass is 656 g/mol. The summed E-state index contributed by atoms with van der Waals surface area (Å²) in [6, 6.07) is 24.3. The lowest BCUT2D eigenvalue weighted by Gasteiger charge is -2.34. The smallest absolute Gasteiger partial charge is 0.142 e. The van der Waals surface area contributed by atoms with E-state index in [0.717, 1.165) is 57.2 Å². The van der Waals surface area contributed by atoms with Gasteiger partial charge in [0.25, 0.3) is 0 Å². The van der Waals surface area contributed by atoms with Gasteiger partial charge >= 0.3 is 0 Å². The largest absolute Gasteiger partial charge is 0.507 e. The number of aromatic hydroxyl groups is 2. The summed E-state index contributed by atoms with van der Waals surface area (Å²) in [5.74, 6) is 1.58. The second-order valence-corrected chi connectivity index (χ2v) is 17.7. The Balaban J connectivity index is 1.55. The molecule has 4 aromatic carbocycles. The number of hydrogen-bond donors (Lipinski definition) is 4. The molecule has 0 bridgehead atoms. The van der Waals surface area contributed by atoms with Crippen molar-refractivity contribution in [2.24, 2.45) is 10.8 Å². The van der Waals surface area contributed by atoms with E-state index < -0.39 is 0 Å². The molecule has 49 heavy (non-hydrogen) atoms. The zero-order valence-electron chi connectivity index (χ0n) is 30.8. The minimum absolute atomic E-state index is 0.0911. The van der Waals surface area contributed by atoms with Gasteiger partial charge < -0.3 is 20.2 Å². The molecule has 0 spiro atoms. The number of aromatic amines is 2. The Hall–Kier alpha value is -4.58. The first-order valence-electron chi connectivity index (χ1n) is 17.4. The molecule has 0 atom stereocenters. The van der Waals surface area contributed by atoms with E-state index in [9.17, 15) is 10.2 Å². The number of hydrogen-bond acceptors (Lipinski definition) is 4. The molecule has 2 aromatic heterocycles. The summed E-state index contributed by atoms with van der Waals surface area (Å²) in [5, 5.41) is 24.1. The molecule has 6 rings (SSSR count). The second-order valence-electron chi connectivity index (χ2n) is 17.7. The molecule has 0 saturated heterocycles. The van der Waals surface area contributed by atoms with E-state index in [0.29, 0.717) is 29.2 Å². The number of rotatable bonds is 8. The van der Waals surface area contributed by atoms with Crippen molar-refractivity contribution in [1.29, 1.82) is 0 Å². The number of benzene rings is 4. The molecular formula is C43H52N4O2. The van der Waals surface area contributed by atoms with Crippen molar-refractivity contribution in [2.45, 2.75) is 99.3 Å². The molecular weight excluding hydrogens is 604 g/mol. The number of H-pyrrole nitrogens is 2. The van der Waals surface area contributed by atoms with E-state index in [4.69, 9.17) is 9.97 Å². The van der Waals surface area contributed by atoms with Crippen LogP contribution in [0.4, 0.5) is 0 Å². The standard InChI is InChI=1S/C43H52N4O2/c1-40(2,3)24-42(7,8)28-20-26(36(48)30(22-28)38-44-32-15-11-12-16-33(32)45-38)19-27-21-29(43(9,10)25-41(4,5)6)23-31(37(27)49)39-46-34-17-13-14-18-35(34)47-39/h11-18,20-23,48-49H,19,24-25H2,1-10H3,(H,44,45)(H,46,47). The third-order valence-corrected chi connectivity index (χ3v) is 9.56. The summed E-state index contributed by atoms with van der Waals surface area (Å²) < 4.78 is 0. The highest BCUT2D eigenvalue weighted by atomic mass is 16.3. The van der Waals surface area contributed by atoms with Gasteiger partial charge in [-0.1, -0.05) is 106 Å². The second kappa shape index (κ2) is 12.1. The first-order chi connectivity index (χ1) is 22.8. The Kier molecular flexibility index (Phi) is 8.45. The van der Waals surface area contributed by atoms with Crippen LogP contribution in [0.1, 0.15) is 104 Å². The van der Waals surface area contributed by atoms with Crippen LogP contribution < -0.4 is 0 Å². The van der Waals surface area contributed by atoms with Crippen LogP contribution >= 0.6 is 0 Å². The summed E-state index contributed by atoms with van der Waals surface area (Å²) in [4.78, 5) is 16.7. The predicted molar refractivity (Wildman–Crippen MR) is 203 cm³/mol. The van der Waals surface area contributed by atoms with Gasteiger partial charge in [-0.25, -0.2) is 9.97 Å². The lowest BCUT2D eigenvalue weighted by molar-refractivity contribution is 0.283. The highest BCUT2D eigenvalue weighted by Crippen LogP contribution is 2.45. The van der Waals surface area contributed by atoms with Crippen LogP contribution in [-0.4, -0.2) is 30.1 Å². The molecule has 4 N–H and O–H groups in total. The number of fused-ring (bicyclic) bond motifs is 2. The summed E-state index contributed by atoms with van der Waals surface area (Å²) >= 11 is 0. The Morgan fingerprint density at radius 1 is 0.531 bits per heavy atom. The zero-order valence-corrected chi connectivity index (χ0v) is 30.8. The van der Waals surface area contributed by atoms with Gasteiger partial charge in [0, 0.05) is 6.42 Å². The molecule has 0 radical (unpaired) electrons. The summed E-state index contributed by atoms with van der Waals surface area (Å²) in [6.45, 7) is 22.6. The van der Waals surface area contributed by atoms with Crippen molar-refractivity contribution in [1.82, 2.24) is 19.9 Å². The number of phenols is 2. The van der Waals surface area contributed by atoms with Crippen molar-refractivity contribution in [3.63, 3.8) is 0 Å². The minimum atomic E-state index is -0.195. The van der Waals surface area contributed by atoms with Crippen molar-refractivity contribution in [3.8, 4) is 34.3 Å². The fourth-order valence-corrected chi connectivity index (χ4v) is 8.02. The average Bonchev–Trinajstić information content (AvgIpc) is 3.61. The van der Waals surface area contributed by atoms with Crippen LogP contribution in [0.5, 0.6) is 11.5 Å². The number of phenolic OH excluding ortho intramolecular Hbond substituents is 2. The van der Waals surface area contributed by atoms with E-state index in [1.54, 1.807) is 0 Å². The summed E-state index contributed by atoms with van der Waals surface area (Å²) in [6.07, 6.45) is 2.22. The maximum Gasteiger partial charge on any atom is 0.142 e. The Morgan fingerprint density at radius 3 is 1.24 bits per heavy atom. The Morgan fingerprint density at radius 2 is 0.898 bits per heavy atom. The molecule has 0 aliphatic carbocycles. The summed E-state index contributed by atoms with van der Waals surface area (Å²) in [7, 11) is 0. The van der Waals surface area contributed by atoms with Crippen LogP contribution in [0.2, 0.25) is 0 Å². The van der Waals surface area contributed by atoms with Gasteiger partial charge in [0.2, 0.25) is 0 Å². The molecule has 2 heterocycles. The van der Waals surface area contributed by atoms with Crippen molar-refractivity contribution >= 4 is 22.1 Å². The van der Waals surface area contributed by atoms with Gasteiger partial charge in [-0.05, 0) is 93.2 Å². The lowest BCUT2D eigenvalue weighted by Crippen LogP contribution is -2.25. The van der Waals surface area contributed by atoms with Gasteiger partial charge in [0.1, 0.15) is 23.1 Å². The van der Waals surface area contributed by atoms with E-state index in [2.05, 4.69) is 103 Å². The van der Waals surface area contributed by atoms with Gasteiger partial charge in [0.05, 0.1) is 33.2 Å². The van der Waals surface area contributed by atoms with E-state index in [-0.39, 0.29) is 33.2 Å². The first-order valence-corrected chi connectivity index (χ1v) is 17.4. The molecule has 0 unspecified atom stereocenters. The number of aromatic nitrogens is 4. The third-order valence-electron chi connectivity index (χ3n) is 9.56.